The van der Waals surface area contributed by atoms with Gasteiger partial charge in [0.25, 0.3) is 5.91 Å². The number of nitrogens with zero attached hydrogens (tertiary/aromatic N) is 1. The highest BCUT2D eigenvalue weighted by Gasteiger charge is 2.33. The van der Waals surface area contributed by atoms with E-state index in [2.05, 4.69) is 10.5 Å². The molecule has 23 heavy (non-hydrogen) atoms. The van der Waals surface area contributed by atoms with Gasteiger partial charge in [-0.15, -0.1) is 0 Å². The maximum Gasteiger partial charge on any atom is 0.271 e. The summed E-state index contributed by atoms with van der Waals surface area (Å²) in [5.74, 6) is 0.361. The molecule has 128 valence electrons. The van der Waals surface area contributed by atoms with Gasteiger partial charge in [-0.3, -0.25) is 4.79 Å². The molecule has 1 amide bonds. The van der Waals surface area contributed by atoms with Gasteiger partial charge in [-0.2, -0.15) is 5.10 Å². The number of hydrazone groups is 1. The fourth-order valence-electron chi connectivity index (χ4n) is 2.44. The first-order valence-electron chi connectivity index (χ1n) is 8.27. The number of rotatable bonds is 9. The average molecular weight is 320 g/mol. The van der Waals surface area contributed by atoms with Crippen LogP contribution in [0.5, 0.6) is 5.75 Å². The molecule has 5 nitrogen and oxygen atoms in total. The second-order valence-corrected chi connectivity index (χ2v) is 5.63. The van der Waals surface area contributed by atoms with Crippen molar-refractivity contribution in [1.29, 1.82) is 0 Å². The third-order valence-corrected chi connectivity index (χ3v) is 3.66. The predicted octanol–water partition coefficient (Wildman–Crippen LogP) is 3.26. The van der Waals surface area contributed by atoms with Gasteiger partial charge >= 0.3 is 0 Å². The van der Waals surface area contributed by atoms with E-state index in [-0.39, 0.29) is 0 Å². The first-order chi connectivity index (χ1) is 11.0. The van der Waals surface area contributed by atoms with E-state index in [1.807, 2.05) is 52.0 Å². The van der Waals surface area contributed by atoms with Crippen LogP contribution in [0.15, 0.2) is 29.4 Å². The molecule has 0 aliphatic heterocycles. The molecule has 0 spiro atoms. The molecule has 0 unspecified atom stereocenters. The van der Waals surface area contributed by atoms with Crippen LogP contribution in [0.1, 0.15) is 58.9 Å². The Bertz CT molecular complexity index is 518. The number of amides is 1. The summed E-state index contributed by atoms with van der Waals surface area (Å²) in [5, 5.41) is 14.6. The van der Waals surface area contributed by atoms with Gasteiger partial charge in [0.05, 0.1) is 12.3 Å². The lowest BCUT2D eigenvalue weighted by atomic mass is 9.92. The van der Waals surface area contributed by atoms with E-state index < -0.39 is 11.5 Å². The zero-order valence-electron chi connectivity index (χ0n) is 14.6. The summed E-state index contributed by atoms with van der Waals surface area (Å²) in [7, 11) is 0. The van der Waals surface area contributed by atoms with Gasteiger partial charge in [0.1, 0.15) is 11.4 Å². The summed E-state index contributed by atoms with van der Waals surface area (Å²) >= 11 is 0. The monoisotopic (exact) mass is 320 g/mol. The van der Waals surface area contributed by atoms with Gasteiger partial charge < -0.3 is 9.84 Å². The summed E-state index contributed by atoms with van der Waals surface area (Å²) in [4.78, 5) is 12.2. The quantitative estimate of drug-likeness (QED) is 0.542. The molecule has 2 N–H and O–H groups in total. The van der Waals surface area contributed by atoms with Gasteiger partial charge in [0, 0.05) is 0 Å². The van der Waals surface area contributed by atoms with Crippen LogP contribution in [0, 0.1) is 0 Å². The molecule has 0 radical (unpaired) electrons. The Balaban J connectivity index is 2.75. The summed E-state index contributed by atoms with van der Waals surface area (Å²) in [6.45, 7) is 8.26. The van der Waals surface area contributed by atoms with Crippen molar-refractivity contribution in [3.05, 3.63) is 29.8 Å². The largest absolute Gasteiger partial charge is 0.494 e. The number of carbonyl (C=O) groups is 1. The lowest BCUT2D eigenvalue weighted by Crippen LogP contribution is -2.45. The third kappa shape index (κ3) is 5.67. The fraction of sp³-hybridized carbons (Fsp3) is 0.556. The minimum Gasteiger partial charge on any atom is -0.494 e. The Labute approximate surface area is 138 Å². The molecule has 0 fully saturated rings. The van der Waals surface area contributed by atoms with Crippen molar-refractivity contribution in [3.63, 3.8) is 0 Å². The molecule has 0 saturated heterocycles. The third-order valence-electron chi connectivity index (χ3n) is 3.66. The van der Waals surface area contributed by atoms with Crippen molar-refractivity contribution in [1.82, 2.24) is 5.43 Å². The van der Waals surface area contributed by atoms with Crippen LogP contribution >= 0.6 is 0 Å². The smallest absolute Gasteiger partial charge is 0.271 e. The molecular formula is C18H28N2O3. The van der Waals surface area contributed by atoms with Crippen molar-refractivity contribution in [2.75, 3.05) is 6.61 Å². The van der Waals surface area contributed by atoms with Crippen molar-refractivity contribution >= 4 is 11.6 Å². The fourth-order valence-corrected chi connectivity index (χ4v) is 2.44. The Hall–Kier alpha value is -1.88. The van der Waals surface area contributed by atoms with Crippen molar-refractivity contribution < 1.29 is 14.6 Å². The maximum absolute atomic E-state index is 12.2. The van der Waals surface area contributed by atoms with Crippen LogP contribution in [0.4, 0.5) is 0 Å². The standard InChI is InChI=1S/C18H28N2O3/c1-5-12-18(22,13-6-2)17(21)20-19-14(4)15-8-10-16(11-9-15)23-7-3/h8-11,22H,5-7,12-13H2,1-4H3,(H,20,21). The highest BCUT2D eigenvalue weighted by atomic mass is 16.5. The number of carbonyl (C=O) groups excluding carboxylic acids is 1. The number of benzene rings is 1. The Morgan fingerprint density at radius 2 is 1.74 bits per heavy atom. The molecule has 0 bridgehead atoms. The highest BCUT2D eigenvalue weighted by molar-refractivity contribution is 5.99. The van der Waals surface area contributed by atoms with Gasteiger partial charge in [-0.05, 0) is 56.5 Å². The first kappa shape index (κ1) is 19.2. The topological polar surface area (TPSA) is 70.9 Å². The Morgan fingerprint density at radius 3 is 2.22 bits per heavy atom. The molecule has 1 aromatic rings. The normalized spacial score (nSPS) is 12.1. The number of hydrogen-bond donors (Lipinski definition) is 2. The summed E-state index contributed by atoms with van der Waals surface area (Å²) in [6.07, 6.45) is 2.35. The van der Waals surface area contributed by atoms with Crippen LogP contribution in [0.25, 0.3) is 0 Å². The molecule has 0 aliphatic carbocycles. The Morgan fingerprint density at radius 1 is 1.17 bits per heavy atom. The van der Waals surface area contributed by atoms with E-state index in [1.165, 1.54) is 0 Å². The molecule has 1 aromatic carbocycles. The molecular weight excluding hydrogens is 292 g/mol. The number of hydrogen-bond acceptors (Lipinski definition) is 4. The van der Waals surface area contributed by atoms with E-state index in [1.54, 1.807) is 0 Å². The van der Waals surface area contributed by atoms with Gasteiger partial charge in [-0.25, -0.2) is 5.43 Å². The second kappa shape index (κ2) is 9.30. The molecule has 5 heteroatoms. The zero-order chi connectivity index (χ0) is 17.3. The van der Waals surface area contributed by atoms with E-state index in [4.69, 9.17) is 4.74 Å². The zero-order valence-corrected chi connectivity index (χ0v) is 14.6. The van der Waals surface area contributed by atoms with Gasteiger partial charge in [-0.1, -0.05) is 26.7 Å². The molecule has 1 rings (SSSR count). The van der Waals surface area contributed by atoms with Crippen LogP contribution in [-0.2, 0) is 4.79 Å². The lowest BCUT2D eigenvalue weighted by molar-refractivity contribution is -0.141. The number of aliphatic hydroxyl groups is 1. The molecule has 0 heterocycles. The van der Waals surface area contributed by atoms with Crippen LogP contribution < -0.4 is 10.2 Å². The maximum atomic E-state index is 12.2. The van der Waals surface area contributed by atoms with Crippen molar-refractivity contribution in [3.8, 4) is 5.75 Å². The minimum atomic E-state index is -1.34. The molecule has 0 aromatic heterocycles. The Kier molecular flexibility index (Phi) is 7.75. The van der Waals surface area contributed by atoms with Crippen molar-refractivity contribution in [2.24, 2.45) is 5.10 Å². The molecule has 0 atom stereocenters. The van der Waals surface area contributed by atoms with E-state index in [0.717, 1.165) is 24.2 Å². The van der Waals surface area contributed by atoms with Gasteiger partial charge in [0.2, 0.25) is 0 Å². The van der Waals surface area contributed by atoms with E-state index >= 15 is 0 Å². The van der Waals surface area contributed by atoms with Gasteiger partial charge in [0.15, 0.2) is 0 Å². The summed E-state index contributed by atoms with van der Waals surface area (Å²) in [5.41, 5.74) is 2.73. The lowest BCUT2D eigenvalue weighted by Gasteiger charge is -2.24. The van der Waals surface area contributed by atoms with Crippen LogP contribution in [0.2, 0.25) is 0 Å². The van der Waals surface area contributed by atoms with E-state index in [9.17, 15) is 9.90 Å². The minimum absolute atomic E-state index is 0.435. The van der Waals surface area contributed by atoms with Crippen molar-refractivity contribution in [2.45, 2.75) is 59.0 Å². The highest BCUT2D eigenvalue weighted by Crippen LogP contribution is 2.20. The predicted molar refractivity (Wildman–Crippen MR) is 92.7 cm³/mol. The van der Waals surface area contributed by atoms with Crippen LogP contribution in [0.3, 0.4) is 0 Å². The molecule has 0 aliphatic rings. The van der Waals surface area contributed by atoms with Crippen LogP contribution in [-0.4, -0.2) is 28.9 Å². The second-order valence-electron chi connectivity index (χ2n) is 5.63. The van der Waals surface area contributed by atoms with E-state index in [0.29, 0.717) is 25.2 Å². The SMILES string of the molecule is CCCC(O)(CCC)C(=O)NN=C(C)c1ccc(OCC)cc1. The summed E-state index contributed by atoms with van der Waals surface area (Å²) < 4.78 is 5.39. The average Bonchev–Trinajstić information content (AvgIpc) is 2.53. The number of nitrogens with one attached hydrogen (secondary N) is 1. The first-order valence-corrected chi connectivity index (χ1v) is 8.27. The molecule has 0 saturated carbocycles. The summed E-state index contributed by atoms with van der Waals surface area (Å²) in [6, 6.07) is 7.51. The number of ether oxygens (including phenoxy) is 1.